The fourth-order valence-electron chi connectivity index (χ4n) is 4.03. The molecule has 1 aliphatic heterocycles. The van der Waals surface area contributed by atoms with Crippen molar-refractivity contribution >= 4 is 23.4 Å². The predicted molar refractivity (Wildman–Crippen MR) is 129 cm³/mol. The molecule has 0 spiro atoms. The zero-order chi connectivity index (χ0) is 23.0. The number of aryl methyl sites for hydroxylation is 1. The first-order valence-corrected chi connectivity index (χ1v) is 11.4. The molecule has 1 fully saturated rings. The lowest BCUT2D eigenvalue weighted by molar-refractivity contribution is -0.121. The van der Waals surface area contributed by atoms with Crippen LogP contribution in [-0.2, 0) is 17.6 Å². The van der Waals surface area contributed by atoms with Crippen molar-refractivity contribution in [1.29, 1.82) is 5.26 Å². The molecule has 33 heavy (non-hydrogen) atoms. The van der Waals surface area contributed by atoms with E-state index in [4.69, 9.17) is 10.2 Å². The molecular weight excluding hydrogens is 412 g/mol. The summed E-state index contributed by atoms with van der Waals surface area (Å²) in [4.78, 5) is 24.1. The highest BCUT2D eigenvalue weighted by Crippen LogP contribution is 2.23. The Bertz CT molecular complexity index is 1140. The average molecular weight is 441 g/mol. The van der Waals surface area contributed by atoms with Gasteiger partial charge >= 0.3 is 0 Å². The highest BCUT2D eigenvalue weighted by molar-refractivity contribution is 5.79. The summed E-state index contributed by atoms with van der Waals surface area (Å²) in [5.41, 5.74) is 3.35. The summed E-state index contributed by atoms with van der Waals surface area (Å²) in [6.07, 6.45) is 3.10. The molecule has 2 aromatic carbocycles. The maximum atomic E-state index is 12.5. The Kier molecular flexibility index (Phi) is 7.16. The number of carbonyl (C=O) groups excluding carboxylic acids is 1. The van der Waals surface area contributed by atoms with Gasteiger partial charge in [-0.3, -0.25) is 4.79 Å². The molecule has 1 amide bonds. The number of hydrogen-bond acceptors (Lipinski definition) is 6. The Morgan fingerprint density at radius 2 is 2.00 bits per heavy atom. The maximum absolute atomic E-state index is 12.5. The molecule has 168 valence electrons. The van der Waals surface area contributed by atoms with E-state index >= 15 is 0 Å². The van der Waals surface area contributed by atoms with Crippen LogP contribution >= 0.6 is 0 Å². The monoisotopic (exact) mass is 440 g/mol. The van der Waals surface area contributed by atoms with Crippen molar-refractivity contribution < 1.29 is 4.79 Å². The fraction of sp³-hybridized carbons (Fsp3) is 0.308. The molecule has 7 nitrogen and oxygen atoms in total. The zero-order valence-electron chi connectivity index (χ0n) is 18.8. The van der Waals surface area contributed by atoms with Crippen LogP contribution in [0.1, 0.15) is 36.6 Å². The number of benzene rings is 2. The van der Waals surface area contributed by atoms with Gasteiger partial charge in [-0.25, -0.2) is 4.98 Å². The number of aromatic nitrogens is 2. The Morgan fingerprint density at radius 1 is 1.15 bits per heavy atom. The summed E-state index contributed by atoms with van der Waals surface area (Å²) in [6, 6.07) is 21.3. The number of nitrogens with zero attached hydrogens (tertiary/aromatic N) is 4. The van der Waals surface area contributed by atoms with Crippen molar-refractivity contribution in [2.45, 2.75) is 38.6 Å². The Balaban J connectivity index is 1.44. The summed E-state index contributed by atoms with van der Waals surface area (Å²) < 4.78 is 0. The van der Waals surface area contributed by atoms with Gasteiger partial charge in [-0.15, -0.1) is 0 Å². The standard InChI is InChI=1S/C26H28N6O/c1-2-7-21-16-24(31-26(29-21)30-22-11-6-10-20(14-22)17-27)32-13-12-23(18-32)28-25(33)15-19-8-4-3-5-9-19/h3-6,8-11,14,16,23H,2,7,12-13,15,18H2,1H3,(H,28,33)(H,29,30,31). The molecule has 2 heterocycles. The molecule has 1 aromatic heterocycles. The van der Waals surface area contributed by atoms with E-state index in [0.29, 0.717) is 24.5 Å². The molecule has 7 heteroatoms. The topological polar surface area (TPSA) is 93.9 Å². The SMILES string of the molecule is CCCc1cc(N2CCC(NC(=O)Cc3ccccc3)C2)nc(Nc2cccc(C#N)c2)n1. The second kappa shape index (κ2) is 10.6. The lowest BCUT2D eigenvalue weighted by Gasteiger charge is -2.20. The zero-order valence-corrected chi connectivity index (χ0v) is 18.8. The molecule has 3 aromatic rings. The number of hydrogen-bond donors (Lipinski definition) is 2. The number of amides is 1. The molecule has 0 saturated carbocycles. The van der Waals surface area contributed by atoms with E-state index in [1.165, 1.54) is 0 Å². The number of rotatable bonds is 8. The normalized spacial score (nSPS) is 15.2. The van der Waals surface area contributed by atoms with Crippen LogP contribution in [0.3, 0.4) is 0 Å². The first-order chi connectivity index (χ1) is 16.1. The quantitative estimate of drug-likeness (QED) is 0.550. The predicted octanol–water partition coefficient (Wildman–Crippen LogP) is 3.98. The van der Waals surface area contributed by atoms with Crippen LogP contribution in [0.15, 0.2) is 60.7 Å². The molecule has 0 radical (unpaired) electrons. The molecular formula is C26H28N6O. The molecule has 1 saturated heterocycles. The minimum atomic E-state index is 0.0436. The number of nitriles is 1. The van der Waals surface area contributed by atoms with E-state index in [1.807, 2.05) is 48.5 Å². The fourth-order valence-corrected chi connectivity index (χ4v) is 4.03. The van der Waals surface area contributed by atoms with Crippen molar-refractivity contribution in [1.82, 2.24) is 15.3 Å². The van der Waals surface area contributed by atoms with Gasteiger partial charge in [0.1, 0.15) is 5.82 Å². The van der Waals surface area contributed by atoms with Crippen LogP contribution in [0.2, 0.25) is 0 Å². The highest BCUT2D eigenvalue weighted by Gasteiger charge is 2.25. The van der Waals surface area contributed by atoms with Crippen LogP contribution < -0.4 is 15.5 Å². The largest absolute Gasteiger partial charge is 0.354 e. The van der Waals surface area contributed by atoms with E-state index < -0.39 is 0 Å². The molecule has 1 aliphatic rings. The van der Waals surface area contributed by atoms with Gasteiger partial charge in [0.05, 0.1) is 18.1 Å². The van der Waals surface area contributed by atoms with Crippen molar-refractivity contribution in [3.05, 3.63) is 77.5 Å². The molecule has 2 N–H and O–H groups in total. The molecule has 1 unspecified atom stereocenters. The number of carbonyl (C=O) groups is 1. The molecule has 1 atom stereocenters. The highest BCUT2D eigenvalue weighted by atomic mass is 16.1. The first-order valence-electron chi connectivity index (χ1n) is 11.4. The number of anilines is 3. The van der Waals surface area contributed by atoms with Crippen LogP contribution in [0, 0.1) is 11.3 Å². The van der Waals surface area contributed by atoms with Crippen molar-refractivity contribution in [3.8, 4) is 6.07 Å². The van der Waals surface area contributed by atoms with Gasteiger partial charge in [-0.1, -0.05) is 49.7 Å². The van der Waals surface area contributed by atoms with E-state index in [-0.39, 0.29) is 11.9 Å². The van der Waals surface area contributed by atoms with E-state index in [9.17, 15) is 4.79 Å². The van der Waals surface area contributed by atoms with Gasteiger partial charge in [0.15, 0.2) is 0 Å². The van der Waals surface area contributed by atoms with Gasteiger partial charge in [0.25, 0.3) is 0 Å². The van der Waals surface area contributed by atoms with E-state index in [2.05, 4.69) is 33.5 Å². The van der Waals surface area contributed by atoms with Crippen molar-refractivity contribution in [2.75, 3.05) is 23.3 Å². The molecule has 0 bridgehead atoms. The summed E-state index contributed by atoms with van der Waals surface area (Å²) in [6.45, 7) is 3.66. The van der Waals surface area contributed by atoms with Crippen LogP contribution in [0.25, 0.3) is 0 Å². The minimum Gasteiger partial charge on any atom is -0.354 e. The van der Waals surface area contributed by atoms with Gasteiger partial charge in [-0.05, 0) is 36.6 Å². The summed E-state index contributed by atoms with van der Waals surface area (Å²) >= 11 is 0. The van der Waals surface area contributed by atoms with Crippen LogP contribution in [-0.4, -0.2) is 35.0 Å². The number of nitrogens with one attached hydrogen (secondary N) is 2. The van der Waals surface area contributed by atoms with Crippen molar-refractivity contribution in [3.63, 3.8) is 0 Å². The lowest BCUT2D eigenvalue weighted by atomic mass is 10.1. The molecule has 0 aliphatic carbocycles. The summed E-state index contributed by atoms with van der Waals surface area (Å²) in [5.74, 6) is 1.41. The third-order valence-electron chi connectivity index (χ3n) is 5.60. The Labute approximate surface area is 194 Å². The Morgan fingerprint density at radius 3 is 2.79 bits per heavy atom. The average Bonchev–Trinajstić information content (AvgIpc) is 3.28. The smallest absolute Gasteiger partial charge is 0.229 e. The maximum Gasteiger partial charge on any atom is 0.229 e. The van der Waals surface area contributed by atoms with E-state index in [1.54, 1.807) is 12.1 Å². The van der Waals surface area contributed by atoms with Crippen molar-refractivity contribution in [2.24, 2.45) is 0 Å². The summed E-state index contributed by atoms with van der Waals surface area (Å²) in [7, 11) is 0. The Hall–Kier alpha value is -3.92. The third kappa shape index (κ3) is 6.07. The van der Waals surface area contributed by atoms with Crippen LogP contribution in [0.5, 0.6) is 0 Å². The van der Waals surface area contributed by atoms with Crippen LogP contribution in [0.4, 0.5) is 17.5 Å². The van der Waals surface area contributed by atoms with E-state index in [0.717, 1.165) is 48.6 Å². The van der Waals surface area contributed by atoms with Gasteiger partial charge in [0.2, 0.25) is 11.9 Å². The first kappa shape index (κ1) is 22.3. The summed E-state index contributed by atoms with van der Waals surface area (Å²) in [5, 5.41) is 15.6. The lowest BCUT2D eigenvalue weighted by Crippen LogP contribution is -2.38. The molecule has 4 rings (SSSR count). The van der Waals surface area contributed by atoms with Gasteiger partial charge in [-0.2, -0.15) is 10.2 Å². The van der Waals surface area contributed by atoms with Gasteiger partial charge in [0, 0.05) is 36.6 Å². The minimum absolute atomic E-state index is 0.0436. The third-order valence-corrected chi connectivity index (χ3v) is 5.60. The van der Waals surface area contributed by atoms with Gasteiger partial charge < -0.3 is 15.5 Å². The second-order valence-electron chi connectivity index (χ2n) is 8.27. The second-order valence-corrected chi connectivity index (χ2v) is 8.27.